The van der Waals surface area contributed by atoms with Crippen LogP contribution in [0.1, 0.15) is 58.5 Å². The molecule has 6 amide bonds. The van der Waals surface area contributed by atoms with Crippen molar-refractivity contribution >= 4 is 58.2 Å². The van der Waals surface area contributed by atoms with Crippen LogP contribution in [0.2, 0.25) is 0 Å². The Bertz CT molecular complexity index is 2620. The Morgan fingerprint density at radius 1 is 0.516 bits per heavy atom. The largest absolute Gasteiger partial charge is 0.417 e. The number of carbonyl (C=O) groups is 6. The average Bonchev–Trinajstić information content (AvgIpc) is 4.09. The summed E-state index contributed by atoms with van der Waals surface area (Å²) < 4.78 is 87.5. The fourth-order valence-corrected chi connectivity index (χ4v) is 11.2. The van der Waals surface area contributed by atoms with Gasteiger partial charge in [0.1, 0.15) is 0 Å². The lowest BCUT2D eigenvalue weighted by atomic mass is 9.82. The maximum absolute atomic E-state index is 14.6. The van der Waals surface area contributed by atoms with Crippen molar-refractivity contribution in [2.24, 2.45) is 47.3 Å². The number of rotatable bonds is 7. The van der Waals surface area contributed by atoms with Crippen LogP contribution in [0.15, 0.2) is 108 Å². The average molecular weight is 879 g/mol. The number of fused-ring (bicyclic) bond motifs is 10. The minimum absolute atomic E-state index is 0.000759. The van der Waals surface area contributed by atoms with Crippen LogP contribution in [0.4, 0.5) is 49.1 Å². The lowest BCUT2D eigenvalue weighted by Crippen LogP contribution is -2.33. The van der Waals surface area contributed by atoms with E-state index in [9.17, 15) is 55.1 Å². The van der Waals surface area contributed by atoms with E-state index in [1.54, 1.807) is 0 Å². The molecule has 4 bridgehead atoms. The van der Waals surface area contributed by atoms with E-state index < -0.39 is 70.1 Å². The molecule has 10 rings (SSSR count). The van der Waals surface area contributed by atoms with Gasteiger partial charge in [0, 0.05) is 22.5 Å². The zero-order chi connectivity index (χ0) is 45.3. The first kappa shape index (κ1) is 41.2. The molecule has 16 heteroatoms. The number of nitrogens with one attached hydrogen (secondary N) is 2. The zero-order valence-corrected chi connectivity index (χ0v) is 33.9. The van der Waals surface area contributed by atoms with Gasteiger partial charge < -0.3 is 10.6 Å². The fraction of sp³-hybridized carbons (Fsp3) is 0.292. The van der Waals surface area contributed by atoms with Gasteiger partial charge in [0.25, 0.3) is 11.8 Å². The summed E-state index contributed by atoms with van der Waals surface area (Å²) in [6.07, 6.45) is -4.77. The number of allylic oxidation sites excluding steroid dienone is 4. The van der Waals surface area contributed by atoms with E-state index in [0.29, 0.717) is 12.1 Å². The summed E-state index contributed by atoms with van der Waals surface area (Å²) in [5.74, 6) is -4.80. The van der Waals surface area contributed by atoms with Crippen LogP contribution in [-0.4, -0.2) is 35.4 Å². The Kier molecular flexibility index (Phi) is 9.23. The third-order valence-corrected chi connectivity index (χ3v) is 14.0. The number of carbonyl (C=O) groups excluding carboxylic acids is 6. The molecule has 0 spiro atoms. The molecule has 2 saturated heterocycles. The highest BCUT2D eigenvalue weighted by Gasteiger charge is 2.62. The van der Waals surface area contributed by atoms with E-state index in [4.69, 9.17) is 0 Å². The number of hydrogen-bond donors (Lipinski definition) is 2. The van der Waals surface area contributed by atoms with Crippen LogP contribution in [0.3, 0.4) is 0 Å². The van der Waals surface area contributed by atoms with Gasteiger partial charge in [-0.1, -0.05) is 35.4 Å². The van der Waals surface area contributed by atoms with Crippen molar-refractivity contribution in [2.45, 2.75) is 39.0 Å². The fourth-order valence-electron chi connectivity index (χ4n) is 11.2. The first-order valence-electron chi connectivity index (χ1n) is 20.7. The van der Waals surface area contributed by atoms with E-state index >= 15 is 0 Å². The molecule has 4 aromatic carbocycles. The van der Waals surface area contributed by atoms with Gasteiger partial charge in [-0.05, 0) is 134 Å². The van der Waals surface area contributed by atoms with Crippen molar-refractivity contribution in [3.63, 3.8) is 0 Å². The Morgan fingerprint density at radius 3 is 1.20 bits per heavy atom. The summed E-state index contributed by atoms with van der Waals surface area (Å²) in [4.78, 5) is 81.9. The third-order valence-electron chi connectivity index (χ3n) is 14.0. The summed E-state index contributed by atoms with van der Waals surface area (Å²) in [6.45, 7) is 3.89. The standard InChI is InChI=1S/C48H36F6N4O6/c1-21-15-25-17-33(21)39-37(25)43(61)57(45(39)63)29-9-3-23(4-10-29)41(59)55-27-7-13-31(35(19-27)47(49,50)51)32-14-8-28(20-36(32)48(52,53)54)56-42(60)24-5-11-30(12-6-24)58-44(62)38-26-16-22(2)34(18-26)40(38)46(58)64/h3-16,19-20,25-26,33-34,37-40H,17-18H2,1-2H3,(H,55,59)(H,56,60). The Morgan fingerprint density at radius 2 is 0.859 bits per heavy atom. The predicted octanol–water partition coefficient (Wildman–Crippen LogP) is 9.30. The highest BCUT2D eigenvalue weighted by molar-refractivity contribution is 6.24. The summed E-state index contributed by atoms with van der Waals surface area (Å²) in [6, 6.07) is 15.5. The van der Waals surface area contributed by atoms with E-state index in [0.717, 1.165) is 58.1 Å². The second kappa shape index (κ2) is 14.3. The van der Waals surface area contributed by atoms with E-state index in [1.165, 1.54) is 48.5 Å². The summed E-state index contributed by atoms with van der Waals surface area (Å²) >= 11 is 0. The Balaban J connectivity index is 0.846. The van der Waals surface area contributed by atoms with Crippen LogP contribution in [-0.2, 0) is 31.5 Å². The molecular weight excluding hydrogens is 843 g/mol. The Labute approximate surface area is 361 Å². The topological polar surface area (TPSA) is 133 Å². The van der Waals surface area contributed by atoms with Crippen molar-refractivity contribution in [3.8, 4) is 11.1 Å². The first-order valence-corrected chi connectivity index (χ1v) is 20.7. The number of benzene rings is 4. The third kappa shape index (κ3) is 6.39. The van der Waals surface area contributed by atoms with Crippen molar-refractivity contribution in [1.82, 2.24) is 0 Å². The quantitative estimate of drug-likeness (QED) is 0.108. The van der Waals surface area contributed by atoms with Gasteiger partial charge in [-0.3, -0.25) is 38.6 Å². The van der Waals surface area contributed by atoms with E-state index in [1.807, 2.05) is 26.0 Å². The second-order valence-corrected chi connectivity index (χ2v) is 17.5. The van der Waals surface area contributed by atoms with Crippen molar-refractivity contribution in [1.29, 1.82) is 0 Å². The molecule has 64 heavy (non-hydrogen) atoms. The molecule has 8 atom stereocenters. The van der Waals surface area contributed by atoms with Gasteiger partial charge in [0.2, 0.25) is 23.6 Å². The highest BCUT2D eigenvalue weighted by Crippen LogP contribution is 2.57. The van der Waals surface area contributed by atoms with E-state index in [-0.39, 0.29) is 81.2 Å². The Hall–Kier alpha value is -6.84. The first-order chi connectivity index (χ1) is 30.3. The molecule has 0 aromatic heterocycles. The molecular formula is C48H36F6N4O6. The molecule has 8 unspecified atom stereocenters. The van der Waals surface area contributed by atoms with Crippen LogP contribution < -0.4 is 20.4 Å². The van der Waals surface area contributed by atoms with Crippen molar-refractivity contribution in [3.05, 3.63) is 130 Å². The summed E-state index contributed by atoms with van der Waals surface area (Å²) in [5.41, 5.74) is -2.75. The van der Waals surface area contributed by atoms with Gasteiger partial charge >= 0.3 is 12.4 Å². The maximum atomic E-state index is 14.6. The minimum atomic E-state index is -5.18. The maximum Gasteiger partial charge on any atom is 0.417 e. The molecule has 6 aliphatic rings. The number of imide groups is 2. The molecule has 10 nitrogen and oxygen atoms in total. The van der Waals surface area contributed by atoms with Crippen molar-refractivity contribution < 1.29 is 55.1 Å². The van der Waals surface area contributed by atoms with E-state index in [2.05, 4.69) is 10.6 Å². The van der Waals surface area contributed by atoms with Gasteiger partial charge in [-0.2, -0.15) is 26.3 Å². The summed E-state index contributed by atoms with van der Waals surface area (Å²) in [5, 5.41) is 4.69. The second-order valence-electron chi connectivity index (χ2n) is 17.5. The zero-order valence-electron chi connectivity index (χ0n) is 33.9. The van der Waals surface area contributed by atoms with Crippen LogP contribution >= 0.6 is 0 Å². The lowest BCUT2D eigenvalue weighted by Gasteiger charge is -2.20. The molecule has 2 heterocycles. The number of alkyl halides is 6. The molecule has 2 saturated carbocycles. The molecule has 2 N–H and O–H groups in total. The number of halogens is 6. The molecule has 0 radical (unpaired) electrons. The minimum Gasteiger partial charge on any atom is -0.322 e. The van der Waals surface area contributed by atoms with Gasteiger partial charge in [0.15, 0.2) is 0 Å². The van der Waals surface area contributed by atoms with Crippen molar-refractivity contribution in [2.75, 3.05) is 20.4 Å². The number of hydrogen-bond acceptors (Lipinski definition) is 6. The van der Waals surface area contributed by atoms with Gasteiger partial charge in [-0.15, -0.1) is 0 Å². The molecule has 4 fully saturated rings. The number of anilines is 4. The van der Waals surface area contributed by atoms with Crippen LogP contribution in [0.25, 0.3) is 11.1 Å². The predicted molar refractivity (Wildman–Crippen MR) is 220 cm³/mol. The molecule has 326 valence electrons. The summed E-state index contributed by atoms with van der Waals surface area (Å²) in [7, 11) is 0. The lowest BCUT2D eigenvalue weighted by molar-refractivity contribution is -0.139. The van der Waals surface area contributed by atoms with Crippen LogP contribution in [0.5, 0.6) is 0 Å². The number of nitrogens with zero attached hydrogens (tertiary/aromatic N) is 2. The molecule has 2 aliphatic heterocycles. The monoisotopic (exact) mass is 878 g/mol. The number of amides is 6. The van der Waals surface area contributed by atoms with Gasteiger partial charge in [0.05, 0.1) is 46.2 Å². The smallest absolute Gasteiger partial charge is 0.322 e. The highest BCUT2D eigenvalue weighted by atomic mass is 19.4. The SMILES string of the molecule is CC1=CC2CC1C1C(=O)N(c3ccc(C(=O)Nc4ccc(-c5ccc(NC(=O)c6ccc(N7C(=O)C8C9C=C(C)C(C9)C8C7=O)cc6)cc5C(F)(F)F)c(C(F)(F)F)c4)cc3)C(=O)C21. The van der Waals surface area contributed by atoms with Crippen LogP contribution in [0, 0.1) is 47.3 Å². The van der Waals surface area contributed by atoms with Gasteiger partial charge in [-0.25, -0.2) is 0 Å². The normalized spacial score (nSPS) is 26.7. The molecule has 4 aliphatic carbocycles. The molecule has 4 aromatic rings.